The third kappa shape index (κ3) is 4.38. The summed E-state index contributed by atoms with van der Waals surface area (Å²) < 4.78 is 7.43. The average Bonchev–Trinajstić information content (AvgIpc) is 3.01. The number of thiazole rings is 1. The van der Waals surface area contributed by atoms with E-state index < -0.39 is 0 Å². The summed E-state index contributed by atoms with van der Waals surface area (Å²) in [7, 11) is 0. The third-order valence-electron chi connectivity index (χ3n) is 4.04. The second-order valence-electron chi connectivity index (χ2n) is 5.82. The largest absolute Gasteiger partial charge is 0.483 e. The second-order valence-corrected chi connectivity index (χ2v) is 7.71. The van der Waals surface area contributed by atoms with Crippen LogP contribution in [0.2, 0.25) is 0 Å². The lowest BCUT2D eigenvalue weighted by Crippen LogP contribution is -2.20. The molecule has 0 fully saturated rings. The molecule has 0 aliphatic rings. The molecule has 4 nitrogen and oxygen atoms in total. The first-order chi connectivity index (χ1) is 12.1. The Bertz CT molecular complexity index is 894. The molecule has 0 aliphatic heterocycles. The molecule has 0 saturated heterocycles. The third-order valence-corrected chi connectivity index (χ3v) is 5.62. The van der Waals surface area contributed by atoms with Crippen molar-refractivity contribution < 1.29 is 9.53 Å². The topological polar surface area (TPSA) is 51.2 Å². The highest BCUT2D eigenvalue weighted by Crippen LogP contribution is 2.30. The van der Waals surface area contributed by atoms with E-state index in [0.29, 0.717) is 16.8 Å². The van der Waals surface area contributed by atoms with Crippen LogP contribution >= 0.6 is 27.3 Å². The first-order valence-electron chi connectivity index (χ1n) is 8.14. The van der Waals surface area contributed by atoms with Gasteiger partial charge < -0.3 is 4.74 Å². The van der Waals surface area contributed by atoms with Crippen LogP contribution in [0.5, 0.6) is 5.75 Å². The van der Waals surface area contributed by atoms with Crippen LogP contribution in [0.1, 0.15) is 31.7 Å². The van der Waals surface area contributed by atoms with Crippen molar-refractivity contribution in [1.29, 1.82) is 0 Å². The van der Waals surface area contributed by atoms with E-state index in [9.17, 15) is 4.79 Å². The summed E-state index contributed by atoms with van der Waals surface area (Å²) in [5, 5.41) is 3.41. The van der Waals surface area contributed by atoms with Gasteiger partial charge >= 0.3 is 0 Å². The summed E-state index contributed by atoms with van der Waals surface area (Å²) in [5.74, 6) is 0.930. The van der Waals surface area contributed by atoms with Gasteiger partial charge in [-0.25, -0.2) is 4.98 Å². The number of amides is 1. The van der Waals surface area contributed by atoms with Crippen LogP contribution in [0.4, 0.5) is 5.13 Å². The molecule has 0 radical (unpaired) electrons. The fraction of sp³-hybridized carbons (Fsp3) is 0.263. The van der Waals surface area contributed by atoms with Gasteiger partial charge in [-0.1, -0.05) is 43.4 Å². The predicted molar refractivity (Wildman–Crippen MR) is 107 cm³/mol. The molecule has 3 rings (SSSR count). The lowest BCUT2D eigenvalue weighted by Gasteiger charge is -2.07. The fourth-order valence-corrected chi connectivity index (χ4v) is 3.73. The van der Waals surface area contributed by atoms with Gasteiger partial charge in [-0.2, -0.15) is 0 Å². The van der Waals surface area contributed by atoms with E-state index in [1.54, 1.807) is 0 Å². The minimum Gasteiger partial charge on any atom is -0.483 e. The SMILES string of the molecule is CCC(C)c1ccc2nc(NC(=O)COc3ccccc3Br)sc2c1. The Morgan fingerprint density at radius 2 is 2.12 bits per heavy atom. The maximum Gasteiger partial charge on any atom is 0.264 e. The molecule has 2 aromatic carbocycles. The Balaban J connectivity index is 1.66. The van der Waals surface area contributed by atoms with E-state index in [-0.39, 0.29) is 12.5 Å². The first kappa shape index (κ1) is 17.9. The number of ether oxygens (including phenoxy) is 1. The number of hydrogen-bond donors (Lipinski definition) is 1. The molecule has 6 heteroatoms. The molecule has 0 saturated carbocycles. The first-order valence-corrected chi connectivity index (χ1v) is 9.75. The Morgan fingerprint density at radius 1 is 1.32 bits per heavy atom. The van der Waals surface area contributed by atoms with E-state index in [0.717, 1.165) is 21.1 Å². The minimum absolute atomic E-state index is 0.0589. The van der Waals surface area contributed by atoms with Crippen molar-refractivity contribution in [3.05, 3.63) is 52.5 Å². The highest BCUT2D eigenvalue weighted by molar-refractivity contribution is 9.10. The molecular weight excluding hydrogens is 400 g/mol. The summed E-state index contributed by atoms with van der Waals surface area (Å²) in [5.41, 5.74) is 2.20. The smallest absolute Gasteiger partial charge is 0.264 e. The lowest BCUT2D eigenvalue weighted by atomic mass is 9.99. The van der Waals surface area contributed by atoms with E-state index in [1.807, 2.05) is 30.3 Å². The Kier molecular flexibility index (Phi) is 5.71. The van der Waals surface area contributed by atoms with E-state index >= 15 is 0 Å². The maximum atomic E-state index is 12.1. The Morgan fingerprint density at radius 3 is 2.88 bits per heavy atom. The van der Waals surface area contributed by atoms with Gasteiger partial charge in [0.05, 0.1) is 14.7 Å². The summed E-state index contributed by atoms with van der Waals surface area (Å²) in [6, 6.07) is 13.7. The number of para-hydroxylation sites is 1. The van der Waals surface area contributed by atoms with Crippen molar-refractivity contribution >= 4 is 48.5 Å². The van der Waals surface area contributed by atoms with E-state index in [1.165, 1.54) is 16.9 Å². The molecule has 0 aliphatic carbocycles. The van der Waals surface area contributed by atoms with Gasteiger partial charge in [-0.3, -0.25) is 10.1 Å². The van der Waals surface area contributed by atoms with Gasteiger partial charge in [0.1, 0.15) is 5.75 Å². The number of anilines is 1. The second kappa shape index (κ2) is 7.97. The van der Waals surface area contributed by atoms with Gasteiger partial charge in [0.2, 0.25) is 0 Å². The summed E-state index contributed by atoms with van der Waals surface area (Å²) >= 11 is 4.88. The van der Waals surface area contributed by atoms with E-state index in [4.69, 9.17) is 4.74 Å². The molecule has 130 valence electrons. The number of carbonyl (C=O) groups excluding carboxylic acids is 1. The van der Waals surface area contributed by atoms with Crippen LogP contribution in [0.3, 0.4) is 0 Å². The molecule has 1 atom stereocenters. The van der Waals surface area contributed by atoms with Gasteiger partial charge in [-0.15, -0.1) is 0 Å². The zero-order valence-electron chi connectivity index (χ0n) is 14.1. The quantitative estimate of drug-likeness (QED) is 0.567. The molecular formula is C19H19BrN2O2S. The van der Waals surface area contributed by atoms with E-state index in [2.05, 4.69) is 52.2 Å². The number of nitrogens with zero attached hydrogens (tertiary/aromatic N) is 1. The zero-order valence-corrected chi connectivity index (χ0v) is 16.5. The number of aromatic nitrogens is 1. The minimum atomic E-state index is -0.225. The number of halogens is 1. The molecule has 25 heavy (non-hydrogen) atoms. The number of rotatable bonds is 6. The zero-order chi connectivity index (χ0) is 17.8. The summed E-state index contributed by atoms with van der Waals surface area (Å²) in [6.45, 7) is 4.33. The number of benzene rings is 2. The summed E-state index contributed by atoms with van der Waals surface area (Å²) in [6.07, 6.45) is 1.10. The lowest BCUT2D eigenvalue weighted by molar-refractivity contribution is -0.118. The highest BCUT2D eigenvalue weighted by Gasteiger charge is 2.11. The average molecular weight is 419 g/mol. The molecule has 1 aromatic heterocycles. The van der Waals surface area contributed by atoms with Crippen molar-refractivity contribution in [3.8, 4) is 5.75 Å². The van der Waals surface area contributed by atoms with Crippen LogP contribution in [0.15, 0.2) is 46.9 Å². The van der Waals surface area contributed by atoms with Crippen molar-refractivity contribution in [2.24, 2.45) is 0 Å². The number of carbonyl (C=O) groups is 1. The highest BCUT2D eigenvalue weighted by atomic mass is 79.9. The predicted octanol–water partition coefficient (Wildman–Crippen LogP) is 5.59. The molecule has 1 heterocycles. The molecule has 3 aromatic rings. The van der Waals surface area contributed by atoms with Gasteiger partial charge in [0.25, 0.3) is 5.91 Å². The molecule has 1 N–H and O–H groups in total. The van der Waals surface area contributed by atoms with Crippen molar-refractivity contribution in [2.45, 2.75) is 26.2 Å². The summed E-state index contributed by atoms with van der Waals surface area (Å²) in [4.78, 5) is 16.6. The van der Waals surface area contributed by atoms with Gasteiger partial charge in [-0.05, 0) is 58.1 Å². The number of nitrogens with one attached hydrogen (secondary N) is 1. The fourth-order valence-electron chi connectivity index (χ4n) is 2.40. The van der Waals surface area contributed by atoms with Crippen LogP contribution in [-0.4, -0.2) is 17.5 Å². The Hall–Kier alpha value is -1.92. The van der Waals surface area contributed by atoms with Crippen LogP contribution < -0.4 is 10.1 Å². The Labute approximate surface area is 159 Å². The van der Waals surface area contributed by atoms with Crippen LogP contribution in [0, 0.1) is 0 Å². The maximum absolute atomic E-state index is 12.1. The number of fused-ring (bicyclic) bond motifs is 1. The monoisotopic (exact) mass is 418 g/mol. The molecule has 0 bridgehead atoms. The molecule has 1 amide bonds. The van der Waals surface area contributed by atoms with Crippen molar-refractivity contribution in [1.82, 2.24) is 4.98 Å². The molecule has 0 spiro atoms. The van der Waals surface area contributed by atoms with Crippen molar-refractivity contribution in [2.75, 3.05) is 11.9 Å². The van der Waals surface area contributed by atoms with Crippen LogP contribution in [0.25, 0.3) is 10.2 Å². The number of hydrogen-bond acceptors (Lipinski definition) is 4. The van der Waals surface area contributed by atoms with Crippen molar-refractivity contribution in [3.63, 3.8) is 0 Å². The normalized spacial score (nSPS) is 12.1. The van der Waals surface area contributed by atoms with Gasteiger partial charge in [0, 0.05) is 0 Å². The standard InChI is InChI=1S/C19H19BrN2O2S/c1-3-12(2)13-8-9-15-17(10-13)25-19(21-15)22-18(23)11-24-16-7-5-4-6-14(16)20/h4-10,12H,3,11H2,1-2H3,(H,21,22,23). The van der Waals surface area contributed by atoms with Crippen LogP contribution in [-0.2, 0) is 4.79 Å². The molecule has 1 unspecified atom stereocenters. The van der Waals surface area contributed by atoms with Gasteiger partial charge in [0.15, 0.2) is 11.7 Å².